The van der Waals surface area contributed by atoms with Gasteiger partial charge in [0.2, 0.25) is 5.91 Å². The number of aliphatic imine (C=N–C) groups is 1. The van der Waals surface area contributed by atoms with Crippen LogP contribution in [0.25, 0.3) is 0 Å². The largest absolute Gasteiger partial charge is 0.368 e. The van der Waals surface area contributed by atoms with E-state index in [-0.39, 0.29) is 11.5 Å². The summed E-state index contributed by atoms with van der Waals surface area (Å²) in [6, 6.07) is 5.98. The summed E-state index contributed by atoms with van der Waals surface area (Å²) in [4.78, 5) is 19.7. The molecular weight excluding hydrogens is 362 g/mol. The first-order valence-corrected chi connectivity index (χ1v) is 9.02. The maximum atomic E-state index is 13.2. The van der Waals surface area contributed by atoms with E-state index in [0.717, 1.165) is 12.6 Å². The summed E-state index contributed by atoms with van der Waals surface area (Å²) in [5, 5.41) is 3.06. The first kappa shape index (κ1) is 21.3. The Hall–Kier alpha value is -2.96. The van der Waals surface area contributed by atoms with Gasteiger partial charge in [-0.1, -0.05) is 25.3 Å². The Morgan fingerprint density at radius 3 is 2.29 bits per heavy atom. The summed E-state index contributed by atoms with van der Waals surface area (Å²) < 4.78 is 26.5. The first-order chi connectivity index (χ1) is 13.2. The van der Waals surface area contributed by atoms with Crippen molar-refractivity contribution in [3.63, 3.8) is 0 Å². The molecule has 0 unspecified atom stereocenters. The number of hydrogen-bond acceptors (Lipinski definition) is 3. The molecule has 0 aliphatic carbocycles. The van der Waals surface area contributed by atoms with E-state index in [1.165, 1.54) is 18.2 Å². The lowest BCUT2D eigenvalue weighted by Gasteiger charge is -2.35. The fourth-order valence-electron chi connectivity index (χ4n) is 2.77. The zero-order chi connectivity index (χ0) is 20.7. The molecule has 0 saturated carbocycles. The lowest BCUT2D eigenvalue weighted by atomic mass is 10.1. The van der Waals surface area contributed by atoms with E-state index in [1.807, 2.05) is 0 Å². The zero-order valence-corrected chi connectivity index (χ0v) is 16.3. The second-order valence-corrected chi connectivity index (χ2v) is 6.63. The highest BCUT2D eigenvalue weighted by atomic mass is 19.3. The number of hydrogen-bond donors (Lipinski definition) is 1. The van der Waals surface area contributed by atoms with Crippen LogP contribution in [0.1, 0.15) is 19.4 Å². The highest BCUT2D eigenvalue weighted by molar-refractivity contribution is 5.93. The van der Waals surface area contributed by atoms with Crippen LogP contribution >= 0.6 is 0 Å². The molecule has 5 nitrogen and oxygen atoms in total. The van der Waals surface area contributed by atoms with Crippen molar-refractivity contribution in [2.75, 3.05) is 31.5 Å². The molecule has 0 spiro atoms. The molecule has 0 atom stereocenters. The predicted molar refractivity (Wildman–Crippen MR) is 109 cm³/mol. The van der Waals surface area contributed by atoms with E-state index in [9.17, 15) is 13.6 Å². The smallest absolute Gasteiger partial charge is 0.270 e. The number of carbonyl (C=O) groups excluding carboxylic acids is 1. The molecule has 1 aromatic rings. The topological polar surface area (TPSA) is 47.9 Å². The molecule has 0 radical (unpaired) electrons. The van der Waals surface area contributed by atoms with E-state index in [2.05, 4.69) is 28.4 Å². The van der Waals surface area contributed by atoms with Crippen molar-refractivity contribution < 1.29 is 13.6 Å². The molecule has 2 rings (SSSR count). The molecule has 28 heavy (non-hydrogen) atoms. The Balaban J connectivity index is 1.85. The zero-order valence-electron chi connectivity index (χ0n) is 16.3. The van der Waals surface area contributed by atoms with Crippen LogP contribution in [0.3, 0.4) is 0 Å². The van der Waals surface area contributed by atoms with Crippen molar-refractivity contribution in [3.05, 3.63) is 67.0 Å². The molecule has 150 valence electrons. The molecule has 1 aliphatic rings. The van der Waals surface area contributed by atoms with Crippen molar-refractivity contribution in [2.45, 2.75) is 19.8 Å². The van der Waals surface area contributed by atoms with E-state index >= 15 is 0 Å². The average molecular weight is 388 g/mol. The molecular formula is C21H26F2N4O. The Morgan fingerprint density at radius 1 is 1.18 bits per heavy atom. The van der Waals surface area contributed by atoms with Gasteiger partial charge in [0, 0.05) is 56.3 Å². The summed E-state index contributed by atoms with van der Waals surface area (Å²) in [5.41, 5.74) is 1.47. The lowest BCUT2D eigenvalue weighted by Crippen LogP contribution is -2.47. The van der Waals surface area contributed by atoms with Crippen LogP contribution in [0.2, 0.25) is 0 Å². The van der Waals surface area contributed by atoms with Crippen LogP contribution < -0.4 is 5.32 Å². The maximum Gasteiger partial charge on any atom is 0.270 e. The molecule has 1 fully saturated rings. The second kappa shape index (κ2) is 9.30. The molecule has 1 N–H and O–H groups in total. The van der Waals surface area contributed by atoms with Crippen molar-refractivity contribution in [3.8, 4) is 0 Å². The monoisotopic (exact) mass is 388 g/mol. The summed E-state index contributed by atoms with van der Waals surface area (Å²) in [6.45, 7) is 12.9. The van der Waals surface area contributed by atoms with Gasteiger partial charge in [0.15, 0.2) is 0 Å². The summed E-state index contributed by atoms with van der Waals surface area (Å²) in [7, 11) is 0. The van der Waals surface area contributed by atoms with Gasteiger partial charge in [0.1, 0.15) is 5.84 Å². The number of piperazine rings is 1. The maximum absolute atomic E-state index is 13.2. The number of alkyl halides is 2. The Kier molecular flexibility index (Phi) is 7.09. The van der Waals surface area contributed by atoms with Gasteiger partial charge in [-0.25, -0.2) is 13.8 Å². The number of carbonyl (C=O) groups is 1. The van der Waals surface area contributed by atoms with Gasteiger partial charge in [-0.05, 0) is 31.2 Å². The number of rotatable bonds is 6. The van der Waals surface area contributed by atoms with Crippen molar-refractivity contribution >= 4 is 17.4 Å². The van der Waals surface area contributed by atoms with Crippen molar-refractivity contribution in [2.24, 2.45) is 4.99 Å². The predicted octanol–water partition coefficient (Wildman–Crippen LogP) is 3.99. The van der Waals surface area contributed by atoms with Crippen LogP contribution in [0.5, 0.6) is 0 Å². The molecule has 1 aromatic carbocycles. The third-order valence-corrected chi connectivity index (χ3v) is 4.42. The van der Waals surface area contributed by atoms with E-state index < -0.39 is 5.92 Å². The number of allylic oxidation sites excluding steroid dienone is 1. The minimum atomic E-state index is -2.85. The Morgan fingerprint density at radius 2 is 1.75 bits per heavy atom. The van der Waals surface area contributed by atoms with Gasteiger partial charge in [0.05, 0.1) is 0 Å². The second-order valence-electron chi connectivity index (χ2n) is 6.63. The number of nitrogens with one attached hydrogen (secondary N) is 1. The number of halogens is 2. The van der Waals surface area contributed by atoms with Gasteiger partial charge >= 0.3 is 0 Å². The first-order valence-electron chi connectivity index (χ1n) is 9.02. The van der Waals surface area contributed by atoms with Crippen LogP contribution in [0, 0.1) is 0 Å². The minimum Gasteiger partial charge on any atom is -0.368 e. The fourth-order valence-corrected chi connectivity index (χ4v) is 2.77. The normalized spacial score (nSPS) is 15.6. The minimum absolute atomic E-state index is 0.0290. The standard InChI is InChI=1S/C21H26F2N4O/c1-5-20(28)27-14-12-26(13-15-27)16(2)10-11-24-17(3)25-19-8-6-18(7-9-19)21(4,22)23/h5-11H,1-2,12-15H2,3-4H3,(H,24,25)/b11-10-. The van der Waals surface area contributed by atoms with Crippen molar-refractivity contribution in [1.29, 1.82) is 0 Å². The average Bonchev–Trinajstić information content (AvgIpc) is 2.67. The molecule has 1 amide bonds. The highest BCUT2D eigenvalue weighted by Gasteiger charge is 2.23. The summed E-state index contributed by atoms with van der Waals surface area (Å²) in [6.07, 6.45) is 4.77. The molecule has 0 aromatic heterocycles. The summed E-state index contributed by atoms with van der Waals surface area (Å²) >= 11 is 0. The van der Waals surface area contributed by atoms with Gasteiger partial charge in [0.25, 0.3) is 5.92 Å². The SMILES string of the molecule is C=CC(=O)N1CCN(C(=C)/C=C\N=C(C)Nc2ccc(C(C)(F)F)cc2)CC1. The highest BCUT2D eigenvalue weighted by Crippen LogP contribution is 2.27. The quantitative estimate of drug-likeness (QED) is 0.347. The fraction of sp³-hybridized carbons (Fsp3) is 0.333. The van der Waals surface area contributed by atoms with Crippen LogP contribution in [0.15, 0.2) is 66.5 Å². The van der Waals surface area contributed by atoms with Crippen LogP contribution in [0.4, 0.5) is 14.5 Å². The van der Waals surface area contributed by atoms with Crippen LogP contribution in [-0.2, 0) is 10.7 Å². The molecule has 7 heteroatoms. The Labute approximate surface area is 164 Å². The van der Waals surface area contributed by atoms with Crippen LogP contribution in [-0.4, -0.2) is 47.7 Å². The number of amidine groups is 1. The third kappa shape index (κ3) is 6.04. The lowest BCUT2D eigenvalue weighted by molar-refractivity contribution is -0.127. The molecule has 1 heterocycles. The van der Waals surface area contributed by atoms with E-state index in [1.54, 1.807) is 36.2 Å². The van der Waals surface area contributed by atoms with E-state index in [4.69, 9.17) is 0 Å². The molecule has 0 bridgehead atoms. The van der Waals surface area contributed by atoms with Gasteiger partial charge in [-0.15, -0.1) is 0 Å². The van der Waals surface area contributed by atoms with Crippen molar-refractivity contribution in [1.82, 2.24) is 9.80 Å². The van der Waals surface area contributed by atoms with Gasteiger partial charge in [-0.2, -0.15) is 0 Å². The number of amides is 1. The third-order valence-electron chi connectivity index (χ3n) is 4.42. The molecule has 1 aliphatic heterocycles. The number of nitrogens with zero attached hydrogens (tertiary/aromatic N) is 3. The summed E-state index contributed by atoms with van der Waals surface area (Å²) in [5.74, 6) is -2.28. The number of benzene rings is 1. The van der Waals surface area contributed by atoms with Gasteiger partial charge < -0.3 is 15.1 Å². The number of anilines is 1. The molecule has 1 saturated heterocycles. The Bertz CT molecular complexity index is 771. The van der Waals surface area contributed by atoms with E-state index in [0.29, 0.717) is 37.7 Å². The van der Waals surface area contributed by atoms with Gasteiger partial charge in [-0.3, -0.25) is 4.79 Å².